The Morgan fingerprint density at radius 1 is 1.05 bits per heavy atom. The quantitative estimate of drug-likeness (QED) is 0.804. The molecule has 0 spiro atoms. The second-order valence-electron chi connectivity index (χ2n) is 4.35. The Kier molecular flexibility index (Phi) is 4.02. The molecule has 0 fully saturated rings. The topological polar surface area (TPSA) is 80.7 Å². The van der Waals surface area contributed by atoms with Crippen molar-refractivity contribution in [3.63, 3.8) is 0 Å². The summed E-state index contributed by atoms with van der Waals surface area (Å²) in [7, 11) is 0. The van der Waals surface area contributed by atoms with Gasteiger partial charge in [0.05, 0.1) is 18.1 Å². The first kappa shape index (κ1) is 14.1. The van der Waals surface area contributed by atoms with Crippen molar-refractivity contribution in [3.8, 4) is 11.4 Å². The van der Waals surface area contributed by atoms with E-state index in [9.17, 15) is 4.79 Å². The van der Waals surface area contributed by atoms with E-state index >= 15 is 0 Å². The van der Waals surface area contributed by atoms with E-state index in [4.69, 9.17) is 11.6 Å². The van der Waals surface area contributed by atoms with Crippen LogP contribution in [-0.4, -0.2) is 25.8 Å². The average Bonchev–Trinajstić information content (AvgIpc) is 2.56. The summed E-state index contributed by atoms with van der Waals surface area (Å²) in [6.07, 6.45) is 5.94. The Labute approximate surface area is 131 Å². The van der Waals surface area contributed by atoms with Gasteiger partial charge < -0.3 is 5.32 Å². The maximum absolute atomic E-state index is 12.2. The molecule has 22 heavy (non-hydrogen) atoms. The summed E-state index contributed by atoms with van der Waals surface area (Å²) in [4.78, 5) is 28.3. The van der Waals surface area contributed by atoms with Crippen molar-refractivity contribution >= 4 is 23.2 Å². The summed E-state index contributed by atoms with van der Waals surface area (Å²) in [5, 5.41) is 3.30. The minimum Gasteiger partial charge on any atom is -0.318 e. The van der Waals surface area contributed by atoms with Crippen molar-refractivity contribution in [2.24, 2.45) is 0 Å². The largest absolute Gasteiger partial charge is 0.318 e. The van der Waals surface area contributed by atoms with Crippen molar-refractivity contribution in [3.05, 3.63) is 66.0 Å². The molecule has 0 aliphatic heterocycles. The number of carbonyl (C=O) groups is 1. The van der Waals surface area contributed by atoms with Crippen LogP contribution in [0, 0.1) is 0 Å². The number of benzene rings is 1. The number of aromatic nitrogens is 4. The summed E-state index contributed by atoms with van der Waals surface area (Å²) in [6, 6.07) is 8.62. The van der Waals surface area contributed by atoms with Crippen LogP contribution in [0.15, 0.2) is 55.2 Å². The first-order valence-electron chi connectivity index (χ1n) is 6.38. The predicted octanol–water partition coefficient (Wildman–Crippen LogP) is 2.84. The molecule has 1 aromatic carbocycles. The van der Waals surface area contributed by atoms with Gasteiger partial charge in [-0.25, -0.2) is 19.9 Å². The van der Waals surface area contributed by atoms with Gasteiger partial charge in [-0.3, -0.25) is 4.79 Å². The highest BCUT2D eigenvalue weighted by Crippen LogP contribution is 2.18. The van der Waals surface area contributed by atoms with Gasteiger partial charge in [0.1, 0.15) is 12.0 Å². The van der Waals surface area contributed by atoms with Crippen LogP contribution in [0.2, 0.25) is 5.02 Å². The van der Waals surface area contributed by atoms with Gasteiger partial charge in [0.2, 0.25) is 0 Å². The van der Waals surface area contributed by atoms with Crippen LogP contribution < -0.4 is 5.32 Å². The van der Waals surface area contributed by atoms with Gasteiger partial charge >= 0.3 is 0 Å². The lowest BCUT2D eigenvalue weighted by atomic mass is 10.2. The Morgan fingerprint density at radius 3 is 2.50 bits per heavy atom. The Morgan fingerprint density at radius 2 is 1.77 bits per heavy atom. The summed E-state index contributed by atoms with van der Waals surface area (Å²) in [5.41, 5.74) is 1.53. The number of nitrogens with one attached hydrogen (secondary N) is 1. The number of hydrogen-bond acceptors (Lipinski definition) is 5. The number of nitrogens with zero attached hydrogens (tertiary/aromatic N) is 4. The first-order valence-corrected chi connectivity index (χ1v) is 6.75. The second kappa shape index (κ2) is 6.28. The fourth-order valence-corrected chi connectivity index (χ4v) is 1.91. The summed E-state index contributed by atoms with van der Waals surface area (Å²) < 4.78 is 0. The number of hydrogen-bond donors (Lipinski definition) is 1. The van der Waals surface area contributed by atoms with Crippen LogP contribution in [0.3, 0.4) is 0 Å². The summed E-state index contributed by atoms with van der Waals surface area (Å²) in [5.74, 6) is 0.0982. The summed E-state index contributed by atoms with van der Waals surface area (Å²) in [6.45, 7) is 0. The van der Waals surface area contributed by atoms with Gasteiger partial charge in [-0.1, -0.05) is 11.6 Å². The molecule has 0 saturated carbocycles. The highest BCUT2D eigenvalue weighted by molar-refractivity contribution is 6.30. The Hall–Kier alpha value is -2.86. The molecule has 3 rings (SSSR count). The molecule has 6 nitrogen and oxygen atoms in total. The lowest BCUT2D eigenvalue weighted by molar-refractivity contribution is 0.102. The highest BCUT2D eigenvalue weighted by atomic mass is 35.5. The Balaban J connectivity index is 1.84. The number of amides is 1. The van der Waals surface area contributed by atoms with E-state index in [1.807, 2.05) is 0 Å². The third-order valence-electron chi connectivity index (χ3n) is 2.81. The zero-order chi connectivity index (χ0) is 15.4. The number of halogens is 1. The third-order valence-corrected chi connectivity index (χ3v) is 3.06. The molecule has 1 amide bonds. The van der Waals surface area contributed by atoms with E-state index in [-0.39, 0.29) is 11.6 Å². The average molecular weight is 312 g/mol. The summed E-state index contributed by atoms with van der Waals surface area (Å²) >= 11 is 5.85. The third kappa shape index (κ3) is 3.24. The molecule has 0 saturated heterocycles. The molecular formula is C15H10ClN5O. The van der Waals surface area contributed by atoms with Gasteiger partial charge in [-0.05, 0) is 30.3 Å². The van der Waals surface area contributed by atoms with Gasteiger partial charge in [0, 0.05) is 16.8 Å². The zero-order valence-electron chi connectivity index (χ0n) is 11.3. The van der Waals surface area contributed by atoms with E-state index in [0.29, 0.717) is 16.5 Å². The lowest BCUT2D eigenvalue weighted by Gasteiger charge is -2.05. The minimum atomic E-state index is -0.354. The molecule has 0 unspecified atom stereocenters. The highest BCUT2D eigenvalue weighted by Gasteiger charge is 2.10. The zero-order valence-corrected chi connectivity index (χ0v) is 12.0. The lowest BCUT2D eigenvalue weighted by Crippen LogP contribution is -2.14. The normalized spacial score (nSPS) is 10.2. The molecular weight excluding hydrogens is 302 g/mol. The fraction of sp³-hybridized carbons (Fsp3) is 0. The molecule has 108 valence electrons. The smallest absolute Gasteiger partial charge is 0.274 e. The van der Waals surface area contributed by atoms with E-state index in [0.717, 1.165) is 5.56 Å². The molecule has 2 heterocycles. The van der Waals surface area contributed by atoms with E-state index in [1.165, 1.54) is 24.9 Å². The maximum atomic E-state index is 12.2. The van der Waals surface area contributed by atoms with Gasteiger partial charge in [-0.2, -0.15) is 0 Å². The number of anilines is 1. The van der Waals surface area contributed by atoms with Gasteiger partial charge in [-0.15, -0.1) is 0 Å². The first-order chi connectivity index (χ1) is 10.7. The van der Waals surface area contributed by atoms with Crippen LogP contribution in [0.5, 0.6) is 0 Å². The maximum Gasteiger partial charge on any atom is 0.274 e. The van der Waals surface area contributed by atoms with Crippen molar-refractivity contribution in [2.45, 2.75) is 0 Å². The predicted molar refractivity (Wildman–Crippen MR) is 82.5 cm³/mol. The standard InChI is InChI=1S/C15H10ClN5O/c16-11-3-1-10(2-4-11)14-19-6-5-13(21-14)15(22)20-12-7-17-9-18-8-12/h1-9H,(H,20,22). The van der Waals surface area contributed by atoms with Crippen LogP contribution in [-0.2, 0) is 0 Å². The van der Waals surface area contributed by atoms with Crippen molar-refractivity contribution in [1.29, 1.82) is 0 Å². The molecule has 0 aliphatic carbocycles. The van der Waals surface area contributed by atoms with Crippen LogP contribution in [0.1, 0.15) is 10.5 Å². The minimum absolute atomic E-state index is 0.254. The fourth-order valence-electron chi connectivity index (χ4n) is 1.78. The number of rotatable bonds is 3. The molecule has 0 atom stereocenters. The van der Waals surface area contributed by atoms with Gasteiger partial charge in [0.15, 0.2) is 5.82 Å². The van der Waals surface area contributed by atoms with Crippen molar-refractivity contribution < 1.29 is 4.79 Å². The van der Waals surface area contributed by atoms with Gasteiger partial charge in [0.25, 0.3) is 5.91 Å². The molecule has 0 bridgehead atoms. The SMILES string of the molecule is O=C(Nc1cncnc1)c1ccnc(-c2ccc(Cl)cc2)n1. The molecule has 1 N–H and O–H groups in total. The van der Waals surface area contributed by atoms with Crippen LogP contribution in [0.4, 0.5) is 5.69 Å². The van der Waals surface area contributed by atoms with Crippen LogP contribution in [0.25, 0.3) is 11.4 Å². The second-order valence-corrected chi connectivity index (χ2v) is 4.79. The molecule has 2 aromatic heterocycles. The van der Waals surface area contributed by atoms with Crippen LogP contribution >= 0.6 is 11.6 Å². The monoisotopic (exact) mass is 311 g/mol. The Bertz CT molecular complexity index is 793. The number of carbonyl (C=O) groups excluding carboxylic acids is 1. The van der Waals surface area contributed by atoms with E-state index in [1.54, 1.807) is 30.3 Å². The van der Waals surface area contributed by atoms with Crippen molar-refractivity contribution in [2.75, 3.05) is 5.32 Å². The van der Waals surface area contributed by atoms with E-state index < -0.39 is 0 Å². The van der Waals surface area contributed by atoms with Crippen molar-refractivity contribution in [1.82, 2.24) is 19.9 Å². The molecule has 0 radical (unpaired) electrons. The molecule has 3 aromatic rings. The van der Waals surface area contributed by atoms with E-state index in [2.05, 4.69) is 25.3 Å². The molecule has 0 aliphatic rings. The molecule has 7 heteroatoms.